The van der Waals surface area contributed by atoms with Crippen molar-refractivity contribution in [2.24, 2.45) is 5.73 Å². The van der Waals surface area contributed by atoms with Gasteiger partial charge in [-0.2, -0.15) is 5.26 Å². The summed E-state index contributed by atoms with van der Waals surface area (Å²) in [5.41, 5.74) is 6.58. The van der Waals surface area contributed by atoms with Crippen LogP contribution < -0.4 is 5.73 Å². The van der Waals surface area contributed by atoms with Gasteiger partial charge in [-0.05, 0) is 12.5 Å². The second-order valence-corrected chi connectivity index (χ2v) is 4.66. The molecular weight excluding hydrogens is 212 g/mol. The first-order chi connectivity index (χ1) is 7.08. The van der Waals surface area contributed by atoms with Crippen LogP contribution in [0.25, 0.3) is 0 Å². The Hall–Kier alpha value is -1.41. The molecule has 0 fully saturated rings. The highest BCUT2D eigenvalue weighted by Crippen LogP contribution is 2.30. The molecule has 0 saturated heterocycles. The number of thioether (sulfide) groups is 1. The van der Waals surface area contributed by atoms with Crippen LogP contribution in [0.3, 0.4) is 0 Å². The minimum absolute atomic E-state index is 0.193. The van der Waals surface area contributed by atoms with Gasteiger partial charge in [-0.3, -0.25) is 0 Å². The normalized spacial score (nSPS) is 21.4. The minimum atomic E-state index is -0.498. The Morgan fingerprint density at radius 1 is 1.80 bits per heavy atom. The maximum atomic E-state index is 11.4. The second-order valence-electron chi connectivity index (χ2n) is 3.18. The Morgan fingerprint density at radius 3 is 3.00 bits per heavy atom. The first-order valence-corrected chi connectivity index (χ1v) is 5.31. The Balaban J connectivity index is 3.12. The Bertz CT molecular complexity index is 379. The predicted molar refractivity (Wildman–Crippen MR) is 58.6 cm³/mol. The number of esters is 1. The van der Waals surface area contributed by atoms with Crippen molar-refractivity contribution in [3.63, 3.8) is 0 Å². The van der Waals surface area contributed by atoms with Crippen LogP contribution in [-0.4, -0.2) is 18.3 Å². The highest BCUT2D eigenvalue weighted by molar-refractivity contribution is 8.03. The summed E-state index contributed by atoms with van der Waals surface area (Å²) in [7, 11) is 1.29. The summed E-state index contributed by atoms with van der Waals surface area (Å²) in [6.07, 6.45) is 2.13. The second kappa shape index (κ2) is 4.89. The average Bonchev–Trinajstić information content (AvgIpc) is 2.35. The molecule has 0 aromatic heterocycles. The van der Waals surface area contributed by atoms with Crippen LogP contribution in [0.4, 0.5) is 0 Å². The molecule has 0 unspecified atom stereocenters. The van der Waals surface area contributed by atoms with Crippen LogP contribution in [-0.2, 0) is 9.53 Å². The number of nitrogens with two attached hydrogens (primary N) is 1. The molecular formula is C10H12N2O2S. The number of nitriles is 1. The van der Waals surface area contributed by atoms with E-state index in [1.807, 2.05) is 6.92 Å². The summed E-state index contributed by atoms with van der Waals surface area (Å²) in [5, 5.41) is 9.46. The summed E-state index contributed by atoms with van der Waals surface area (Å²) in [6, 6.07) is 2.05. The predicted octanol–water partition coefficient (Wildman–Crippen LogP) is 1.31. The first kappa shape index (κ1) is 11.7. The van der Waals surface area contributed by atoms with Crippen LogP contribution >= 0.6 is 11.8 Å². The lowest BCUT2D eigenvalue weighted by atomic mass is 10.1. The zero-order valence-electron chi connectivity index (χ0n) is 8.61. The third-order valence-corrected chi connectivity index (χ3v) is 3.01. The molecule has 0 aliphatic carbocycles. The van der Waals surface area contributed by atoms with Crippen LogP contribution in [0.2, 0.25) is 0 Å². The zero-order valence-corrected chi connectivity index (χ0v) is 9.43. The van der Waals surface area contributed by atoms with E-state index in [4.69, 9.17) is 11.0 Å². The number of hydrogen-bond acceptors (Lipinski definition) is 5. The topological polar surface area (TPSA) is 76.1 Å². The van der Waals surface area contributed by atoms with E-state index in [1.165, 1.54) is 24.9 Å². The van der Waals surface area contributed by atoms with Gasteiger partial charge in [0.2, 0.25) is 0 Å². The lowest BCUT2D eigenvalue weighted by Gasteiger charge is -2.07. The maximum absolute atomic E-state index is 11.4. The van der Waals surface area contributed by atoms with E-state index in [0.29, 0.717) is 17.0 Å². The molecule has 0 aromatic rings. The van der Waals surface area contributed by atoms with Crippen molar-refractivity contribution in [3.8, 4) is 6.07 Å². The molecule has 0 radical (unpaired) electrons. The molecule has 0 saturated carbocycles. The average molecular weight is 224 g/mol. The molecule has 0 amide bonds. The van der Waals surface area contributed by atoms with Gasteiger partial charge in [0.05, 0.1) is 23.8 Å². The fourth-order valence-electron chi connectivity index (χ4n) is 1.28. The lowest BCUT2D eigenvalue weighted by Crippen LogP contribution is -2.09. The molecule has 1 rings (SSSR count). The fourth-order valence-corrected chi connectivity index (χ4v) is 2.25. The van der Waals surface area contributed by atoms with Crippen molar-refractivity contribution in [1.29, 1.82) is 5.26 Å². The quantitative estimate of drug-likeness (QED) is 0.679. The third kappa shape index (κ3) is 2.77. The monoisotopic (exact) mass is 224 g/mol. The number of carbonyl (C=O) groups is 1. The molecule has 1 aliphatic rings. The number of ether oxygens (including phenoxy) is 1. The number of allylic oxidation sites excluding steroid dienone is 1. The van der Waals surface area contributed by atoms with Crippen LogP contribution in [0, 0.1) is 11.3 Å². The fraction of sp³-hybridized carbons (Fsp3) is 0.400. The summed E-state index contributed by atoms with van der Waals surface area (Å²) in [5.74, 6) is -0.498. The molecule has 0 spiro atoms. The van der Waals surface area contributed by atoms with E-state index < -0.39 is 5.97 Å². The van der Waals surface area contributed by atoms with Crippen molar-refractivity contribution in [2.45, 2.75) is 18.6 Å². The summed E-state index contributed by atoms with van der Waals surface area (Å²) in [6.45, 7) is 1.96. The number of carbonyl (C=O) groups excluding carboxylic acids is 1. The van der Waals surface area contributed by atoms with Crippen molar-refractivity contribution >= 4 is 17.7 Å². The van der Waals surface area contributed by atoms with Crippen LogP contribution in [0.5, 0.6) is 0 Å². The van der Waals surface area contributed by atoms with Gasteiger partial charge in [-0.1, -0.05) is 6.92 Å². The molecule has 15 heavy (non-hydrogen) atoms. The van der Waals surface area contributed by atoms with E-state index in [1.54, 1.807) is 0 Å². The molecule has 1 atom stereocenters. The van der Waals surface area contributed by atoms with Gasteiger partial charge in [0.15, 0.2) is 0 Å². The molecule has 0 bridgehead atoms. The van der Waals surface area contributed by atoms with Crippen molar-refractivity contribution in [3.05, 3.63) is 22.3 Å². The largest absolute Gasteiger partial charge is 0.465 e. The van der Waals surface area contributed by atoms with Crippen molar-refractivity contribution < 1.29 is 9.53 Å². The SMILES string of the molecule is COC(=O)C1=C(N)S[C@@H](C)CC(C#N)=C1. The van der Waals surface area contributed by atoms with Gasteiger partial charge in [0.25, 0.3) is 0 Å². The standard InChI is InChI=1S/C10H12N2O2S/c1-6-3-7(5-11)4-8(9(12)15-6)10(13)14-2/h4,6H,3,12H2,1-2H3/t6-/m0/s1. The molecule has 1 heterocycles. The molecule has 5 heteroatoms. The van der Waals surface area contributed by atoms with Gasteiger partial charge >= 0.3 is 5.97 Å². The summed E-state index contributed by atoms with van der Waals surface area (Å²) >= 11 is 1.39. The highest BCUT2D eigenvalue weighted by atomic mass is 32.2. The number of rotatable bonds is 1. The molecule has 2 N–H and O–H groups in total. The van der Waals surface area contributed by atoms with E-state index in [0.717, 1.165) is 0 Å². The van der Waals surface area contributed by atoms with Gasteiger partial charge in [0.1, 0.15) is 0 Å². The molecule has 4 nitrogen and oxygen atoms in total. The van der Waals surface area contributed by atoms with Crippen LogP contribution in [0.15, 0.2) is 22.3 Å². The first-order valence-electron chi connectivity index (χ1n) is 4.44. The maximum Gasteiger partial charge on any atom is 0.340 e. The summed E-state index contributed by atoms with van der Waals surface area (Å²) < 4.78 is 4.60. The summed E-state index contributed by atoms with van der Waals surface area (Å²) in [4.78, 5) is 11.4. The lowest BCUT2D eigenvalue weighted by molar-refractivity contribution is -0.135. The van der Waals surface area contributed by atoms with E-state index in [-0.39, 0.29) is 10.8 Å². The smallest absolute Gasteiger partial charge is 0.340 e. The highest BCUT2D eigenvalue weighted by Gasteiger charge is 2.20. The molecule has 80 valence electrons. The Labute approximate surface area is 92.8 Å². The Morgan fingerprint density at radius 2 is 2.47 bits per heavy atom. The van der Waals surface area contributed by atoms with Crippen LogP contribution in [0.1, 0.15) is 13.3 Å². The minimum Gasteiger partial charge on any atom is -0.465 e. The van der Waals surface area contributed by atoms with Gasteiger partial charge in [-0.15, -0.1) is 11.8 Å². The van der Waals surface area contributed by atoms with E-state index in [2.05, 4.69) is 10.8 Å². The van der Waals surface area contributed by atoms with Crippen molar-refractivity contribution in [2.75, 3.05) is 7.11 Å². The molecule has 1 aliphatic heterocycles. The third-order valence-electron chi connectivity index (χ3n) is 1.97. The van der Waals surface area contributed by atoms with E-state index >= 15 is 0 Å². The molecule has 0 aromatic carbocycles. The Kier molecular flexibility index (Phi) is 3.81. The number of hydrogen-bond donors (Lipinski definition) is 1. The number of nitrogens with zero attached hydrogens (tertiary/aromatic N) is 1. The van der Waals surface area contributed by atoms with Gasteiger partial charge in [0, 0.05) is 10.8 Å². The van der Waals surface area contributed by atoms with Gasteiger partial charge in [-0.25, -0.2) is 4.79 Å². The number of methoxy groups -OCH3 is 1. The van der Waals surface area contributed by atoms with E-state index in [9.17, 15) is 4.79 Å². The van der Waals surface area contributed by atoms with Crippen molar-refractivity contribution in [1.82, 2.24) is 0 Å². The van der Waals surface area contributed by atoms with Gasteiger partial charge < -0.3 is 10.5 Å². The zero-order chi connectivity index (χ0) is 11.4.